The summed E-state index contributed by atoms with van der Waals surface area (Å²) in [5.41, 5.74) is 0. The van der Waals surface area contributed by atoms with Crippen LogP contribution in [0.1, 0.15) is 20.3 Å². The fourth-order valence-corrected chi connectivity index (χ4v) is 3.57. The highest BCUT2D eigenvalue weighted by Crippen LogP contribution is 2.05. The zero-order valence-electron chi connectivity index (χ0n) is 11.8. The van der Waals surface area contributed by atoms with Gasteiger partial charge in [0.05, 0.1) is 5.75 Å². The lowest BCUT2D eigenvalue weighted by Crippen LogP contribution is -2.58. The molecule has 0 bridgehead atoms. The quantitative estimate of drug-likeness (QED) is 0.643. The summed E-state index contributed by atoms with van der Waals surface area (Å²) < 4.78 is 23.5. The average Bonchev–Trinajstić information content (AvgIpc) is 2.37. The van der Waals surface area contributed by atoms with E-state index >= 15 is 0 Å². The van der Waals surface area contributed by atoms with Crippen molar-refractivity contribution in [1.82, 2.24) is 15.5 Å². The van der Waals surface area contributed by atoms with E-state index in [1.807, 2.05) is 18.7 Å². The molecule has 0 aromatic rings. The normalized spacial score (nSPS) is 21.3. The van der Waals surface area contributed by atoms with Gasteiger partial charge < -0.3 is 10.6 Å². The van der Waals surface area contributed by atoms with Gasteiger partial charge in [0.2, 0.25) is 5.91 Å². The third-order valence-corrected chi connectivity index (χ3v) is 5.05. The first-order valence-corrected chi connectivity index (χ1v) is 8.75. The molecule has 6 nitrogen and oxygen atoms in total. The van der Waals surface area contributed by atoms with E-state index in [1.165, 1.54) is 0 Å². The third-order valence-electron chi connectivity index (χ3n) is 3.21. The number of nitrogens with zero attached hydrogens (tertiary/aromatic N) is 1. The molecular weight excluding hydrogens is 266 g/mol. The molecule has 1 amide bonds. The van der Waals surface area contributed by atoms with Crippen LogP contribution in [0.25, 0.3) is 0 Å². The number of hydrogen-bond acceptors (Lipinski definition) is 5. The summed E-state index contributed by atoms with van der Waals surface area (Å²) in [5, 5.41) is 5.97. The maximum atomic E-state index is 11.9. The summed E-state index contributed by atoms with van der Waals surface area (Å²) in [4.78, 5) is 13.9. The zero-order valence-corrected chi connectivity index (χ0v) is 12.6. The molecule has 19 heavy (non-hydrogen) atoms. The first kappa shape index (κ1) is 16.4. The molecule has 1 saturated heterocycles. The van der Waals surface area contributed by atoms with E-state index in [1.54, 1.807) is 0 Å². The lowest BCUT2D eigenvalue weighted by Gasteiger charge is -2.34. The van der Waals surface area contributed by atoms with Gasteiger partial charge in [0.1, 0.15) is 6.04 Å². The fourth-order valence-electron chi connectivity index (χ4n) is 2.23. The summed E-state index contributed by atoms with van der Waals surface area (Å²) in [6, 6.07) is -0.259. The van der Waals surface area contributed by atoms with Crippen molar-refractivity contribution in [2.24, 2.45) is 0 Å². The Balaban J connectivity index is 2.55. The average molecular weight is 291 g/mol. The molecule has 0 saturated carbocycles. The number of likely N-dealkylation sites (N-methyl/N-ethyl adjacent to an activating group) is 1. The number of rotatable bonds is 7. The Labute approximate surface area is 115 Å². The van der Waals surface area contributed by atoms with Gasteiger partial charge in [-0.15, -0.1) is 0 Å². The molecule has 1 aliphatic heterocycles. The largest absolute Gasteiger partial charge is 0.355 e. The number of hydrogen-bond donors (Lipinski definition) is 2. The Morgan fingerprint density at radius 1 is 1.37 bits per heavy atom. The van der Waals surface area contributed by atoms with Crippen LogP contribution in [0.5, 0.6) is 0 Å². The van der Waals surface area contributed by atoms with Gasteiger partial charge in [-0.1, -0.05) is 6.92 Å². The minimum atomic E-state index is -2.99. The SMILES string of the molecule is CCCS(=O)(=O)CCN1CCNCC1C(=O)NCC. The van der Waals surface area contributed by atoms with Crippen molar-refractivity contribution in [3.63, 3.8) is 0 Å². The summed E-state index contributed by atoms with van der Waals surface area (Å²) in [5.74, 6) is 0.337. The van der Waals surface area contributed by atoms with E-state index in [9.17, 15) is 13.2 Å². The lowest BCUT2D eigenvalue weighted by atomic mass is 10.2. The van der Waals surface area contributed by atoms with Crippen molar-refractivity contribution >= 4 is 15.7 Å². The Bertz CT molecular complexity index is 384. The minimum Gasteiger partial charge on any atom is -0.355 e. The molecule has 1 atom stereocenters. The van der Waals surface area contributed by atoms with E-state index in [2.05, 4.69) is 10.6 Å². The van der Waals surface area contributed by atoms with E-state index in [4.69, 9.17) is 0 Å². The van der Waals surface area contributed by atoms with Crippen LogP contribution in [0, 0.1) is 0 Å². The van der Waals surface area contributed by atoms with Gasteiger partial charge in [0.25, 0.3) is 0 Å². The second-order valence-electron chi connectivity index (χ2n) is 4.80. The molecule has 0 radical (unpaired) electrons. The van der Waals surface area contributed by atoms with Crippen molar-refractivity contribution in [2.45, 2.75) is 26.3 Å². The van der Waals surface area contributed by atoms with Gasteiger partial charge in [0.15, 0.2) is 9.84 Å². The number of sulfone groups is 1. The van der Waals surface area contributed by atoms with Crippen LogP contribution in [-0.4, -0.2) is 69.5 Å². The van der Waals surface area contributed by atoms with Crippen LogP contribution in [0.2, 0.25) is 0 Å². The molecule has 112 valence electrons. The highest BCUT2D eigenvalue weighted by Gasteiger charge is 2.28. The molecular formula is C12H25N3O3S. The zero-order chi connectivity index (χ0) is 14.3. The van der Waals surface area contributed by atoms with Crippen molar-refractivity contribution in [3.05, 3.63) is 0 Å². The highest BCUT2D eigenvalue weighted by atomic mass is 32.2. The molecule has 1 heterocycles. The monoisotopic (exact) mass is 291 g/mol. The van der Waals surface area contributed by atoms with Crippen LogP contribution in [0.3, 0.4) is 0 Å². The maximum Gasteiger partial charge on any atom is 0.238 e. The molecule has 1 rings (SSSR count). The van der Waals surface area contributed by atoms with Gasteiger partial charge in [-0.2, -0.15) is 0 Å². The molecule has 1 unspecified atom stereocenters. The number of carbonyl (C=O) groups excluding carboxylic acids is 1. The third kappa shape index (κ3) is 5.46. The van der Waals surface area contributed by atoms with Crippen molar-refractivity contribution in [3.8, 4) is 0 Å². The lowest BCUT2D eigenvalue weighted by molar-refractivity contribution is -0.126. The molecule has 1 fully saturated rings. The van der Waals surface area contributed by atoms with E-state index in [0.717, 1.165) is 6.54 Å². The number of amides is 1. The standard InChI is InChI=1S/C12H25N3O3S/c1-3-8-19(17,18)9-7-15-6-5-13-10-11(15)12(16)14-4-2/h11,13H,3-10H2,1-2H3,(H,14,16). The van der Waals surface area contributed by atoms with Crippen LogP contribution in [0.15, 0.2) is 0 Å². The van der Waals surface area contributed by atoms with Crippen LogP contribution < -0.4 is 10.6 Å². The molecule has 2 N–H and O–H groups in total. The number of piperazine rings is 1. The number of nitrogens with one attached hydrogen (secondary N) is 2. The number of carbonyl (C=O) groups is 1. The molecule has 0 aromatic heterocycles. The van der Waals surface area contributed by atoms with Gasteiger partial charge in [0, 0.05) is 38.5 Å². The van der Waals surface area contributed by atoms with Crippen LogP contribution in [0.4, 0.5) is 0 Å². The van der Waals surface area contributed by atoms with E-state index < -0.39 is 9.84 Å². The van der Waals surface area contributed by atoms with Gasteiger partial charge >= 0.3 is 0 Å². The summed E-state index contributed by atoms with van der Waals surface area (Å²) in [6.07, 6.45) is 0.642. The molecule has 7 heteroatoms. The second kappa shape index (κ2) is 7.81. The summed E-state index contributed by atoms with van der Waals surface area (Å²) >= 11 is 0. The Hall–Kier alpha value is -0.660. The summed E-state index contributed by atoms with van der Waals surface area (Å²) in [7, 11) is -2.99. The van der Waals surface area contributed by atoms with Crippen molar-refractivity contribution in [1.29, 1.82) is 0 Å². The van der Waals surface area contributed by atoms with Gasteiger partial charge in [-0.25, -0.2) is 8.42 Å². The molecule has 0 aromatic carbocycles. The van der Waals surface area contributed by atoms with Gasteiger partial charge in [-0.3, -0.25) is 9.69 Å². The van der Waals surface area contributed by atoms with E-state index in [0.29, 0.717) is 32.6 Å². The Morgan fingerprint density at radius 2 is 2.11 bits per heavy atom. The molecule has 1 aliphatic rings. The topological polar surface area (TPSA) is 78.5 Å². The maximum absolute atomic E-state index is 11.9. The van der Waals surface area contributed by atoms with E-state index in [-0.39, 0.29) is 23.5 Å². The predicted octanol–water partition coefficient (Wildman–Crippen LogP) is -0.779. The molecule has 0 aliphatic carbocycles. The predicted molar refractivity (Wildman–Crippen MR) is 75.9 cm³/mol. The molecule has 0 spiro atoms. The smallest absolute Gasteiger partial charge is 0.238 e. The van der Waals surface area contributed by atoms with Crippen LogP contribution in [-0.2, 0) is 14.6 Å². The highest BCUT2D eigenvalue weighted by molar-refractivity contribution is 7.91. The van der Waals surface area contributed by atoms with Crippen molar-refractivity contribution in [2.75, 3.05) is 44.2 Å². The minimum absolute atomic E-state index is 0.0254. The second-order valence-corrected chi connectivity index (χ2v) is 7.11. The fraction of sp³-hybridized carbons (Fsp3) is 0.917. The van der Waals surface area contributed by atoms with Crippen LogP contribution >= 0.6 is 0 Å². The van der Waals surface area contributed by atoms with Gasteiger partial charge in [-0.05, 0) is 13.3 Å². The first-order valence-electron chi connectivity index (χ1n) is 6.93. The first-order chi connectivity index (χ1) is 9.00. The Morgan fingerprint density at radius 3 is 2.74 bits per heavy atom. The summed E-state index contributed by atoms with van der Waals surface area (Å²) in [6.45, 7) is 6.86. The van der Waals surface area contributed by atoms with Crippen molar-refractivity contribution < 1.29 is 13.2 Å². The Kier molecular flexibility index (Phi) is 6.74.